The molecule has 21 heavy (non-hydrogen) atoms. The molecular formula is C17H22N2O2. The second-order valence-corrected chi connectivity index (χ2v) is 4.81. The fourth-order valence-electron chi connectivity index (χ4n) is 2.14. The van der Waals surface area contributed by atoms with Crippen molar-refractivity contribution in [3.63, 3.8) is 0 Å². The highest BCUT2D eigenvalue weighted by Gasteiger charge is 2.07. The molecule has 2 rings (SSSR count). The van der Waals surface area contributed by atoms with Crippen molar-refractivity contribution in [1.82, 2.24) is 0 Å². The first-order valence-corrected chi connectivity index (χ1v) is 7.10. The normalized spacial score (nSPS) is 10.4. The molecule has 0 unspecified atom stereocenters. The van der Waals surface area contributed by atoms with E-state index in [1.54, 1.807) is 7.11 Å². The summed E-state index contributed by atoms with van der Waals surface area (Å²) in [6.45, 7) is 1.26. The minimum absolute atomic E-state index is 0.611. The summed E-state index contributed by atoms with van der Waals surface area (Å²) < 4.78 is 11.3. The number of methoxy groups -OCH3 is 1. The van der Waals surface area contributed by atoms with Crippen molar-refractivity contribution in [2.75, 3.05) is 20.2 Å². The largest absolute Gasteiger partial charge is 0.493 e. The summed E-state index contributed by atoms with van der Waals surface area (Å²) in [6, 6.07) is 13.8. The first kappa shape index (κ1) is 15.4. The maximum Gasteiger partial charge on any atom is 0.169 e. The molecule has 2 aromatic carbocycles. The van der Waals surface area contributed by atoms with Gasteiger partial charge < -0.3 is 20.9 Å². The summed E-state index contributed by atoms with van der Waals surface area (Å²) in [5, 5.41) is 0. The predicted octanol–water partition coefficient (Wildman–Crippen LogP) is 2.49. The lowest BCUT2D eigenvalue weighted by Crippen LogP contribution is -2.03. The molecular weight excluding hydrogens is 264 g/mol. The standard InChI is InChI=1S/C17H22N2O2/c1-20-16-7-4-14(9-11-19)12-17(16)21-15-5-2-13(3-6-15)8-10-18/h2-7,12H,8-11,18-19H2,1H3. The topological polar surface area (TPSA) is 70.5 Å². The van der Waals surface area contributed by atoms with E-state index in [0.717, 1.165) is 24.2 Å². The van der Waals surface area contributed by atoms with Crippen LogP contribution in [0.15, 0.2) is 42.5 Å². The average molecular weight is 286 g/mol. The molecule has 112 valence electrons. The van der Waals surface area contributed by atoms with Crippen LogP contribution in [-0.2, 0) is 12.8 Å². The van der Waals surface area contributed by atoms with E-state index in [9.17, 15) is 0 Å². The Balaban J connectivity index is 2.18. The van der Waals surface area contributed by atoms with E-state index in [2.05, 4.69) is 0 Å². The zero-order valence-corrected chi connectivity index (χ0v) is 12.3. The Hall–Kier alpha value is -2.04. The first-order chi connectivity index (χ1) is 10.3. The predicted molar refractivity (Wildman–Crippen MR) is 85.0 cm³/mol. The number of ether oxygens (including phenoxy) is 2. The minimum atomic E-state index is 0.611. The fourth-order valence-corrected chi connectivity index (χ4v) is 2.14. The summed E-state index contributed by atoms with van der Waals surface area (Å²) in [5.74, 6) is 2.19. The van der Waals surface area contributed by atoms with Crippen molar-refractivity contribution >= 4 is 0 Å². The molecule has 0 spiro atoms. The van der Waals surface area contributed by atoms with Crippen LogP contribution in [0.4, 0.5) is 0 Å². The third-order valence-corrected chi connectivity index (χ3v) is 3.25. The van der Waals surface area contributed by atoms with Crippen LogP contribution in [-0.4, -0.2) is 20.2 Å². The summed E-state index contributed by atoms with van der Waals surface area (Å²) in [4.78, 5) is 0. The Morgan fingerprint density at radius 2 is 1.43 bits per heavy atom. The Kier molecular flexibility index (Phi) is 5.60. The van der Waals surface area contributed by atoms with Gasteiger partial charge in [-0.2, -0.15) is 0 Å². The van der Waals surface area contributed by atoms with Crippen molar-refractivity contribution in [3.8, 4) is 17.2 Å². The van der Waals surface area contributed by atoms with Crippen molar-refractivity contribution in [3.05, 3.63) is 53.6 Å². The summed E-state index contributed by atoms with van der Waals surface area (Å²) in [5.41, 5.74) is 13.5. The Bertz CT molecular complexity index is 568. The van der Waals surface area contributed by atoms with Crippen LogP contribution < -0.4 is 20.9 Å². The quantitative estimate of drug-likeness (QED) is 0.820. The molecule has 0 amide bonds. The maximum absolute atomic E-state index is 5.92. The molecule has 0 radical (unpaired) electrons. The molecule has 0 fully saturated rings. The number of nitrogens with two attached hydrogens (primary N) is 2. The van der Waals surface area contributed by atoms with E-state index in [1.807, 2.05) is 42.5 Å². The van der Waals surface area contributed by atoms with Crippen molar-refractivity contribution in [2.24, 2.45) is 11.5 Å². The van der Waals surface area contributed by atoms with Gasteiger partial charge in [-0.3, -0.25) is 0 Å². The van der Waals surface area contributed by atoms with Gasteiger partial charge in [-0.05, 0) is 61.3 Å². The van der Waals surface area contributed by atoms with Gasteiger partial charge in [0.2, 0.25) is 0 Å². The molecule has 0 aromatic heterocycles. The Morgan fingerprint density at radius 3 is 2.05 bits per heavy atom. The number of hydrogen-bond donors (Lipinski definition) is 2. The number of rotatable bonds is 7. The highest BCUT2D eigenvalue weighted by Crippen LogP contribution is 2.32. The number of hydrogen-bond acceptors (Lipinski definition) is 4. The second-order valence-electron chi connectivity index (χ2n) is 4.81. The molecule has 4 nitrogen and oxygen atoms in total. The first-order valence-electron chi connectivity index (χ1n) is 7.10. The molecule has 4 heteroatoms. The Labute approximate surface area is 125 Å². The summed E-state index contributed by atoms with van der Waals surface area (Å²) >= 11 is 0. The van der Waals surface area contributed by atoms with E-state index < -0.39 is 0 Å². The van der Waals surface area contributed by atoms with Gasteiger partial charge in [0.1, 0.15) is 5.75 Å². The monoisotopic (exact) mass is 286 g/mol. The minimum Gasteiger partial charge on any atom is -0.493 e. The van der Waals surface area contributed by atoms with Gasteiger partial charge >= 0.3 is 0 Å². The molecule has 0 atom stereocenters. The summed E-state index contributed by atoms with van der Waals surface area (Å²) in [7, 11) is 1.63. The van der Waals surface area contributed by atoms with Crippen molar-refractivity contribution in [1.29, 1.82) is 0 Å². The van der Waals surface area contributed by atoms with Crippen molar-refractivity contribution < 1.29 is 9.47 Å². The molecule has 0 bridgehead atoms. The van der Waals surface area contributed by atoms with Gasteiger partial charge in [-0.25, -0.2) is 0 Å². The molecule has 0 saturated heterocycles. The van der Waals surface area contributed by atoms with Crippen LogP contribution >= 0.6 is 0 Å². The maximum atomic E-state index is 5.92. The van der Waals surface area contributed by atoms with Gasteiger partial charge in [-0.15, -0.1) is 0 Å². The van der Waals surface area contributed by atoms with Crippen LogP contribution in [0.3, 0.4) is 0 Å². The Morgan fingerprint density at radius 1 is 0.810 bits per heavy atom. The van der Waals surface area contributed by atoms with Gasteiger partial charge in [0, 0.05) is 0 Å². The third kappa shape index (κ3) is 4.21. The fraction of sp³-hybridized carbons (Fsp3) is 0.294. The van der Waals surface area contributed by atoms with Gasteiger partial charge in [0.05, 0.1) is 7.11 Å². The van der Waals surface area contributed by atoms with E-state index in [4.69, 9.17) is 20.9 Å². The summed E-state index contributed by atoms with van der Waals surface area (Å²) in [6.07, 6.45) is 1.69. The van der Waals surface area contributed by atoms with E-state index in [1.165, 1.54) is 5.56 Å². The molecule has 0 saturated carbocycles. The van der Waals surface area contributed by atoms with Crippen LogP contribution in [0.1, 0.15) is 11.1 Å². The number of benzene rings is 2. The van der Waals surface area contributed by atoms with Crippen LogP contribution in [0.2, 0.25) is 0 Å². The second kappa shape index (κ2) is 7.67. The van der Waals surface area contributed by atoms with Gasteiger partial charge in [-0.1, -0.05) is 18.2 Å². The lowest BCUT2D eigenvalue weighted by molar-refractivity contribution is 0.378. The van der Waals surface area contributed by atoms with E-state index >= 15 is 0 Å². The lowest BCUT2D eigenvalue weighted by atomic mass is 10.1. The SMILES string of the molecule is COc1ccc(CCN)cc1Oc1ccc(CCN)cc1. The van der Waals surface area contributed by atoms with E-state index in [-0.39, 0.29) is 0 Å². The van der Waals surface area contributed by atoms with E-state index in [0.29, 0.717) is 24.6 Å². The molecule has 0 aliphatic rings. The van der Waals surface area contributed by atoms with Crippen LogP contribution in [0, 0.1) is 0 Å². The van der Waals surface area contributed by atoms with Crippen molar-refractivity contribution in [2.45, 2.75) is 12.8 Å². The molecule has 4 N–H and O–H groups in total. The third-order valence-electron chi connectivity index (χ3n) is 3.25. The zero-order chi connectivity index (χ0) is 15.1. The van der Waals surface area contributed by atoms with Gasteiger partial charge in [0.25, 0.3) is 0 Å². The molecule has 0 aliphatic carbocycles. The molecule has 0 aliphatic heterocycles. The van der Waals surface area contributed by atoms with Gasteiger partial charge in [0.15, 0.2) is 11.5 Å². The van der Waals surface area contributed by atoms with Crippen LogP contribution in [0.25, 0.3) is 0 Å². The highest BCUT2D eigenvalue weighted by molar-refractivity contribution is 5.45. The average Bonchev–Trinajstić information content (AvgIpc) is 2.50. The highest BCUT2D eigenvalue weighted by atomic mass is 16.5. The smallest absolute Gasteiger partial charge is 0.169 e. The molecule has 2 aromatic rings. The molecule has 0 heterocycles. The lowest BCUT2D eigenvalue weighted by Gasteiger charge is -2.12. The zero-order valence-electron chi connectivity index (χ0n) is 12.3. The van der Waals surface area contributed by atoms with Crippen LogP contribution in [0.5, 0.6) is 17.2 Å².